The second-order valence-electron chi connectivity index (χ2n) is 3.17. The van der Waals surface area contributed by atoms with Crippen molar-refractivity contribution in [2.75, 3.05) is 13.7 Å². The Morgan fingerprint density at radius 1 is 1.27 bits per heavy atom. The summed E-state index contributed by atoms with van der Waals surface area (Å²) in [6.45, 7) is 2.32. The number of aromatic nitrogens is 1. The van der Waals surface area contributed by atoms with Crippen molar-refractivity contribution < 1.29 is 4.74 Å². The lowest BCUT2D eigenvalue weighted by molar-refractivity contribution is 0.243. The number of aryl methyl sites for hydroxylation is 1. The van der Waals surface area contributed by atoms with Crippen molar-refractivity contribution in [2.45, 2.75) is 6.92 Å². The number of ether oxygens (including phenoxy) is 1. The van der Waals surface area contributed by atoms with E-state index in [0.717, 1.165) is 11.3 Å². The molecule has 1 radical (unpaired) electrons. The molecule has 0 saturated heterocycles. The van der Waals surface area contributed by atoms with Crippen LogP contribution in [-0.4, -0.2) is 30.4 Å². The molecule has 0 spiro atoms. The lowest BCUT2D eigenvalue weighted by Crippen LogP contribution is -2.22. The predicted molar refractivity (Wildman–Crippen MR) is 57.0 cm³/mol. The molecule has 15 heavy (non-hydrogen) atoms. The number of nitrogens with zero attached hydrogens (tertiary/aromatic N) is 4. The van der Waals surface area contributed by atoms with Gasteiger partial charge in [-0.15, -0.1) is 10.2 Å². The van der Waals surface area contributed by atoms with Crippen LogP contribution >= 0.6 is 0 Å². The van der Waals surface area contributed by atoms with E-state index in [2.05, 4.69) is 20.5 Å². The van der Waals surface area contributed by atoms with Gasteiger partial charge in [-0.05, 0) is 19.1 Å². The van der Waals surface area contributed by atoms with Crippen LogP contribution in [0.2, 0.25) is 0 Å². The summed E-state index contributed by atoms with van der Waals surface area (Å²) in [7, 11) is 1.60. The van der Waals surface area contributed by atoms with Gasteiger partial charge in [0.1, 0.15) is 6.61 Å². The maximum absolute atomic E-state index is 4.92. The van der Waals surface area contributed by atoms with Crippen molar-refractivity contribution in [3.8, 4) is 0 Å². The molecule has 0 aliphatic carbocycles. The number of amidine groups is 2. The van der Waals surface area contributed by atoms with Crippen LogP contribution in [0.5, 0.6) is 0 Å². The maximum Gasteiger partial charge on any atom is 0.185 e. The summed E-state index contributed by atoms with van der Waals surface area (Å²) < 4.78 is 4.92. The van der Waals surface area contributed by atoms with E-state index in [-0.39, 0.29) is 0 Å². The van der Waals surface area contributed by atoms with Gasteiger partial charge in [-0.25, -0.2) is 5.32 Å². The summed E-state index contributed by atoms with van der Waals surface area (Å²) >= 11 is 0. The highest BCUT2D eigenvalue weighted by Crippen LogP contribution is 2.05. The second-order valence-corrected chi connectivity index (χ2v) is 3.17. The van der Waals surface area contributed by atoms with Crippen molar-refractivity contribution >= 4 is 11.7 Å². The van der Waals surface area contributed by atoms with Crippen LogP contribution < -0.4 is 5.32 Å². The molecule has 5 heteroatoms. The summed E-state index contributed by atoms with van der Waals surface area (Å²) in [5.74, 6) is 1.18. The van der Waals surface area contributed by atoms with E-state index in [1.54, 1.807) is 13.3 Å². The Balaban J connectivity index is 2.07. The maximum atomic E-state index is 4.92. The van der Waals surface area contributed by atoms with Gasteiger partial charge in [0.15, 0.2) is 11.7 Å². The SMILES string of the molecule is COCC1=NN=C(c2ccc(C)nc2)[N]1. The Labute approximate surface area is 87.9 Å². The van der Waals surface area contributed by atoms with Crippen molar-refractivity contribution in [3.05, 3.63) is 29.6 Å². The zero-order valence-corrected chi connectivity index (χ0v) is 8.64. The smallest absolute Gasteiger partial charge is 0.185 e. The molecule has 5 nitrogen and oxygen atoms in total. The summed E-state index contributed by atoms with van der Waals surface area (Å²) in [5, 5.41) is 12.1. The van der Waals surface area contributed by atoms with Crippen molar-refractivity contribution in [3.63, 3.8) is 0 Å². The fraction of sp³-hybridized carbons (Fsp3) is 0.300. The fourth-order valence-electron chi connectivity index (χ4n) is 1.18. The lowest BCUT2D eigenvalue weighted by Gasteiger charge is -2.00. The molecule has 0 bridgehead atoms. The van der Waals surface area contributed by atoms with Crippen LogP contribution in [0.15, 0.2) is 28.5 Å². The molecule has 0 saturated carbocycles. The van der Waals surface area contributed by atoms with E-state index in [1.165, 1.54) is 0 Å². The molecule has 0 aromatic carbocycles. The molecular formula is C10H11N4O. The molecule has 1 aromatic rings. The lowest BCUT2D eigenvalue weighted by atomic mass is 10.2. The van der Waals surface area contributed by atoms with E-state index >= 15 is 0 Å². The minimum atomic E-state index is 0.381. The van der Waals surface area contributed by atoms with E-state index in [9.17, 15) is 0 Å². The molecule has 0 amide bonds. The molecule has 77 valence electrons. The van der Waals surface area contributed by atoms with Gasteiger partial charge in [0.25, 0.3) is 0 Å². The summed E-state index contributed by atoms with van der Waals surface area (Å²) in [5.41, 5.74) is 1.84. The third-order valence-electron chi connectivity index (χ3n) is 1.94. The van der Waals surface area contributed by atoms with Gasteiger partial charge in [0.05, 0.1) is 0 Å². The molecule has 1 aromatic heterocycles. The molecule has 0 unspecified atom stereocenters. The second kappa shape index (κ2) is 4.18. The molecule has 1 aliphatic rings. The molecule has 0 fully saturated rings. The van der Waals surface area contributed by atoms with Crippen LogP contribution in [0, 0.1) is 6.92 Å². The summed E-state index contributed by atoms with van der Waals surface area (Å²) in [4.78, 5) is 4.17. The summed E-state index contributed by atoms with van der Waals surface area (Å²) in [6, 6.07) is 3.84. The normalized spacial score (nSPS) is 14.5. The number of pyridine rings is 1. The number of rotatable bonds is 3. The molecule has 1 aliphatic heterocycles. The first kappa shape index (κ1) is 9.79. The first-order valence-electron chi connectivity index (χ1n) is 4.58. The van der Waals surface area contributed by atoms with Gasteiger partial charge in [-0.3, -0.25) is 4.98 Å². The van der Waals surface area contributed by atoms with Gasteiger partial charge in [-0.1, -0.05) is 0 Å². The zero-order valence-electron chi connectivity index (χ0n) is 8.64. The molecular weight excluding hydrogens is 192 g/mol. The van der Waals surface area contributed by atoms with Gasteiger partial charge < -0.3 is 4.74 Å². The third kappa shape index (κ3) is 2.19. The van der Waals surface area contributed by atoms with Crippen LogP contribution in [-0.2, 0) is 4.74 Å². The number of hydrogen-bond donors (Lipinski definition) is 0. The third-order valence-corrected chi connectivity index (χ3v) is 1.94. The quantitative estimate of drug-likeness (QED) is 0.726. The topological polar surface area (TPSA) is 60.9 Å². The van der Waals surface area contributed by atoms with Crippen molar-refractivity contribution in [1.82, 2.24) is 10.3 Å². The van der Waals surface area contributed by atoms with Crippen LogP contribution in [0.1, 0.15) is 11.3 Å². The molecule has 2 heterocycles. The minimum absolute atomic E-state index is 0.381. The zero-order chi connectivity index (χ0) is 10.7. The predicted octanol–water partition coefficient (Wildman–Crippen LogP) is 0.715. The highest BCUT2D eigenvalue weighted by molar-refractivity contribution is 6.11. The fourth-order valence-corrected chi connectivity index (χ4v) is 1.18. The van der Waals surface area contributed by atoms with Crippen molar-refractivity contribution in [1.29, 1.82) is 0 Å². The Bertz CT molecular complexity index is 408. The van der Waals surface area contributed by atoms with E-state index in [4.69, 9.17) is 4.74 Å². The van der Waals surface area contributed by atoms with E-state index < -0.39 is 0 Å². The average molecular weight is 203 g/mol. The Kier molecular flexibility index (Phi) is 2.73. The average Bonchev–Trinajstić information content (AvgIpc) is 2.68. The summed E-state index contributed by atoms with van der Waals surface area (Å²) in [6.07, 6.45) is 1.74. The van der Waals surface area contributed by atoms with E-state index in [1.807, 2.05) is 19.1 Å². The Morgan fingerprint density at radius 3 is 2.80 bits per heavy atom. The highest BCUT2D eigenvalue weighted by Gasteiger charge is 2.15. The Morgan fingerprint density at radius 2 is 2.13 bits per heavy atom. The van der Waals surface area contributed by atoms with E-state index in [0.29, 0.717) is 18.3 Å². The Hall–Kier alpha value is -1.75. The first-order chi connectivity index (χ1) is 7.29. The molecule has 2 rings (SSSR count). The van der Waals surface area contributed by atoms with Crippen molar-refractivity contribution in [2.24, 2.45) is 10.2 Å². The van der Waals surface area contributed by atoms with Crippen LogP contribution in [0.4, 0.5) is 0 Å². The molecule has 0 N–H and O–H groups in total. The first-order valence-corrected chi connectivity index (χ1v) is 4.58. The van der Waals surface area contributed by atoms with Crippen LogP contribution in [0.3, 0.4) is 0 Å². The monoisotopic (exact) mass is 203 g/mol. The highest BCUT2D eigenvalue weighted by atomic mass is 16.5. The van der Waals surface area contributed by atoms with Crippen LogP contribution in [0.25, 0.3) is 0 Å². The minimum Gasteiger partial charge on any atom is -0.377 e. The number of hydrogen-bond acceptors (Lipinski definition) is 4. The van der Waals surface area contributed by atoms with Gasteiger partial charge >= 0.3 is 0 Å². The van der Waals surface area contributed by atoms with Gasteiger partial charge in [-0.2, -0.15) is 0 Å². The largest absolute Gasteiger partial charge is 0.377 e. The van der Waals surface area contributed by atoms with Gasteiger partial charge in [0, 0.05) is 24.6 Å². The van der Waals surface area contributed by atoms with Gasteiger partial charge in [0.2, 0.25) is 0 Å². The number of methoxy groups -OCH3 is 1. The standard InChI is InChI=1S/C10H11N4O/c1-7-3-4-8(5-11-7)10-12-9(6-15-2)13-14-10/h3-5H,6H2,1-2H3. The molecule has 0 atom stereocenters.